The summed E-state index contributed by atoms with van der Waals surface area (Å²) >= 11 is 3.55. The minimum Gasteiger partial charge on any atom is -0.379 e. The molecule has 0 aliphatic rings. The van der Waals surface area contributed by atoms with Crippen LogP contribution in [-0.2, 0) is 13.6 Å². The number of benzene rings is 2. The number of fused-ring (bicyclic) bond motifs is 1. The third-order valence-corrected chi connectivity index (χ3v) is 4.47. The van der Waals surface area contributed by atoms with Crippen molar-refractivity contribution in [3.8, 4) is 0 Å². The molecule has 2 aromatic carbocycles. The molecule has 2 nitrogen and oxygen atoms in total. The molecule has 108 valence electrons. The summed E-state index contributed by atoms with van der Waals surface area (Å²) in [6, 6.07) is 15.0. The molecule has 1 aromatic heterocycles. The standard InChI is InChI=1S/C18H19BrN2/c1-12-8-14(19)10-15(9-12)20-11-18-13(2)16-6-4-5-7-17(16)21(18)3/h4-10,20H,11H2,1-3H3. The van der Waals surface area contributed by atoms with Crippen molar-refractivity contribution >= 4 is 32.5 Å². The molecule has 21 heavy (non-hydrogen) atoms. The lowest BCUT2D eigenvalue weighted by molar-refractivity contribution is 0.862. The van der Waals surface area contributed by atoms with Crippen LogP contribution in [0.2, 0.25) is 0 Å². The highest BCUT2D eigenvalue weighted by Gasteiger charge is 2.10. The van der Waals surface area contributed by atoms with E-state index < -0.39 is 0 Å². The van der Waals surface area contributed by atoms with Gasteiger partial charge in [-0.3, -0.25) is 0 Å². The van der Waals surface area contributed by atoms with Crippen LogP contribution in [0.4, 0.5) is 5.69 Å². The van der Waals surface area contributed by atoms with Crippen molar-refractivity contribution in [2.45, 2.75) is 20.4 Å². The Kier molecular flexibility index (Phi) is 3.77. The fourth-order valence-corrected chi connectivity index (χ4v) is 3.52. The lowest BCUT2D eigenvalue weighted by atomic mass is 10.1. The van der Waals surface area contributed by atoms with Gasteiger partial charge in [-0.1, -0.05) is 34.1 Å². The normalized spacial score (nSPS) is 11.0. The number of para-hydroxylation sites is 1. The maximum absolute atomic E-state index is 3.55. The van der Waals surface area contributed by atoms with Crippen LogP contribution in [-0.4, -0.2) is 4.57 Å². The van der Waals surface area contributed by atoms with Crippen molar-refractivity contribution in [2.24, 2.45) is 7.05 Å². The molecule has 0 unspecified atom stereocenters. The van der Waals surface area contributed by atoms with Crippen molar-refractivity contribution in [3.05, 3.63) is 63.8 Å². The molecule has 0 aliphatic carbocycles. The monoisotopic (exact) mass is 342 g/mol. The molecular formula is C18H19BrN2. The molecule has 0 atom stereocenters. The highest BCUT2D eigenvalue weighted by atomic mass is 79.9. The van der Waals surface area contributed by atoms with Crippen LogP contribution in [0.25, 0.3) is 10.9 Å². The zero-order valence-electron chi connectivity index (χ0n) is 12.6. The first-order valence-electron chi connectivity index (χ1n) is 7.10. The predicted molar refractivity (Wildman–Crippen MR) is 93.9 cm³/mol. The fourth-order valence-electron chi connectivity index (χ4n) is 2.91. The first kappa shape index (κ1) is 14.2. The molecule has 0 radical (unpaired) electrons. The zero-order valence-corrected chi connectivity index (χ0v) is 14.2. The first-order chi connectivity index (χ1) is 10.1. The smallest absolute Gasteiger partial charge is 0.0556 e. The van der Waals surface area contributed by atoms with E-state index in [0.717, 1.165) is 16.7 Å². The molecule has 0 fully saturated rings. The molecule has 0 spiro atoms. The quantitative estimate of drug-likeness (QED) is 0.694. The minimum absolute atomic E-state index is 0.826. The van der Waals surface area contributed by atoms with Gasteiger partial charge in [0.15, 0.2) is 0 Å². The van der Waals surface area contributed by atoms with Crippen LogP contribution >= 0.6 is 15.9 Å². The van der Waals surface area contributed by atoms with Gasteiger partial charge in [-0.2, -0.15) is 0 Å². The van der Waals surface area contributed by atoms with Gasteiger partial charge in [-0.15, -0.1) is 0 Å². The van der Waals surface area contributed by atoms with E-state index >= 15 is 0 Å². The first-order valence-corrected chi connectivity index (χ1v) is 7.89. The van der Waals surface area contributed by atoms with E-state index in [-0.39, 0.29) is 0 Å². The van der Waals surface area contributed by atoms with E-state index in [4.69, 9.17) is 0 Å². The summed E-state index contributed by atoms with van der Waals surface area (Å²) in [4.78, 5) is 0. The maximum atomic E-state index is 3.55. The Bertz CT molecular complexity index is 743. The number of halogens is 1. The molecule has 3 aromatic rings. The summed E-state index contributed by atoms with van der Waals surface area (Å²) in [5.41, 5.74) is 6.37. The van der Waals surface area contributed by atoms with Gasteiger partial charge in [0.05, 0.1) is 6.54 Å². The van der Waals surface area contributed by atoms with Gasteiger partial charge in [-0.25, -0.2) is 0 Å². The van der Waals surface area contributed by atoms with Gasteiger partial charge < -0.3 is 9.88 Å². The highest BCUT2D eigenvalue weighted by Crippen LogP contribution is 2.26. The Morgan fingerprint density at radius 2 is 1.86 bits per heavy atom. The summed E-state index contributed by atoms with van der Waals surface area (Å²) in [7, 11) is 2.14. The van der Waals surface area contributed by atoms with E-state index in [9.17, 15) is 0 Å². The van der Waals surface area contributed by atoms with Crippen LogP contribution in [0, 0.1) is 13.8 Å². The molecular weight excluding hydrogens is 324 g/mol. The van der Waals surface area contributed by atoms with Crippen molar-refractivity contribution < 1.29 is 0 Å². The second-order valence-electron chi connectivity index (χ2n) is 5.52. The van der Waals surface area contributed by atoms with Crippen LogP contribution in [0.15, 0.2) is 46.9 Å². The SMILES string of the molecule is Cc1cc(Br)cc(NCc2c(C)c3ccccc3n2C)c1. The number of anilines is 1. The van der Waals surface area contributed by atoms with Crippen LogP contribution < -0.4 is 5.32 Å². The molecule has 0 saturated carbocycles. The number of nitrogens with one attached hydrogen (secondary N) is 1. The van der Waals surface area contributed by atoms with Gasteiger partial charge in [0.1, 0.15) is 0 Å². The summed E-state index contributed by atoms with van der Waals surface area (Å²) in [5, 5.41) is 4.87. The Balaban J connectivity index is 1.92. The second kappa shape index (κ2) is 5.57. The molecule has 0 saturated heterocycles. The zero-order chi connectivity index (χ0) is 15.0. The van der Waals surface area contributed by atoms with Crippen molar-refractivity contribution in [2.75, 3.05) is 5.32 Å². The summed E-state index contributed by atoms with van der Waals surface area (Å²) < 4.78 is 3.39. The summed E-state index contributed by atoms with van der Waals surface area (Å²) in [5.74, 6) is 0. The number of aromatic nitrogens is 1. The lowest BCUT2D eigenvalue weighted by Crippen LogP contribution is -2.06. The van der Waals surface area contributed by atoms with Crippen LogP contribution in [0.1, 0.15) is 16.8 Å². The average Bonchev–Trinajstić information content (AvgIpc) is 2.69. The number of nitrogens with zero attached hydrogens (tertiary/aromatic N) is 1. The molecule has 0 amide bonds. The van der Waals surface area contributed by atoms with E-state index in [1.165, 1.54) is 27.7 Å². The molecule has 0 bridgehead atoms. The fraction of sp³-hybridized carbons (Fsp3) is 0.222. The minimum atomic E-state index is 0.826. The van der Waals surface area contributed by atoms with E-state index in [2.05, 4.69) is 89.2 Å². The molecule has 1 N–H and O–H groups in total. The second-order valence-corrected chi connectivity index (χ2v) is 6.43. The predicted octanol–water partition coefficient (Wildman–Crippen LogP) is 5.17. The van der Waals surface area contributed by atoms with Crippen LogP contribution in [0.3, 0.4) is 0 Å². The number of rotatable bonds is 3. The Hall–Kier alpha value is -1.74. The van der Waals surface area contributed by atoms with Gasteiger partial charge in [0.25, 0.3) is 0 Å². The number of hydrogen-bond donors (Lipinski definition) is 1. The van der Waals surface area contributed by atoms with Crippen molar-refractivity contribution in [1.82, 2.24) is 4.57 Å². The largest absolute Gasteiger partial charge is 0.379 e. The third-order valence-electron chi connectivity index (χ3n) is 4.01. The van der Waals surface area contributed by atoms with Crippen LogP contribution in [0.5, 0.6) is 0 Å². The Labute approximate surface area is 133 Å². The molecule has 3 heteroatoms. The lowest BCUT2D eigenvalue weighted by Gasteiger charge is -2.10. The Morgan fingerprint density at radius 3 is 2.57 bits per heavy atom. The number of hydrogen-bond acceptors (Lipinski definition) is 1. The highest BCUT2D eigenvalue weighted by molar-refractivity contribution is 9.10. The summed E-state index contributed by atoms with van der Waals surface area (Å²) in [6.45, 7) is 5.14. The number of aryl methyl sites for hydroxylation is 3. The van der Waals surface area contributed by atoms with Gasteiger partial charge in [0, 0.05) is 33.8 Å². The van der Waals surface area contributed by atoms with Gasteiger partial charge >= 0.3 is 0 Å². The Morgan fingerprint density at radius 1 is 1.10 bits per heavy atom. The van der Waals surface area contributed by atoms with E-state index in [0.29, 0.717) is 0 Å². The maximum Gasteiger partial charge on any atom is 0.0556 e. The van der Waals surface area contributed by atoms with Gasteiger partial charge in [0.2, 0.25) is 0 Å². The van der Waals surface area contributed by atoms with Crippen molar-refractivity contribution in [3.63, 3.8) is 0 Å². The summed E-state index contributed by atoms with van der Waals surface area (Å²) in [6.07, 6.45) is 0. The van der Waals surface area contributed by atoms with Gasteiger partial charge in [-0.05, 0) is 49.2 Å². The third kappa shape index (κ3) is 2.70. The van der Waals surface area contributed by atoms with E-state index in [1.807, 2.05) is 0 Å². The molecule has 0 aliphatic heterocycles. The molecule has 3 rings (SSSR count). The van der Waals surface area contributed by atoms with Crippen molar-refractivity contribution in [1.29, 1.82) is 0 Å². The average molecular weight is 343 g/mol. The molecule has 1 heterocycles. The van der Waals surface area contributed by atoms with E-state index in [1.54, 1.807) is 0 Å². The topological polar surface area (TPSA) is 17.0 Å².